The molecule has 3 N–H and O–H groups in total. The number of amides is 1. The number of rotatable bonds is 14. The summed E-state index contributed by atoms with van der Waals surface area (Å²) >= 11 is 0. The summed E-state index contributed by atoms with van der Waals surface area (Å²) in [5.74, 6) is 0.391. The molecule has 0 radical (unpaired) electrons. The minimum absolute atomic E-state index is 0.0695. The monoisotopic (exact) mass is 390 g/mol. The zero-order valence-electron chi connectivity index (χ0n) is 15.7. The second-order valence-corrected chi connectivity index (χ2v) is 5.72. The van der Waals surface area contributed by atoms with Crippen molar-refractivity contribution in [1.82, 2.24) is 25.7 Å². The molecule has 152 valence electrons. The van der Waals surface area contributed by atoms with Crippen molar-refractivity contribution >= 4 is 5.91 Å². The van der Waals surface area contributed by atoms with Gasteiger partial charge in [0.05, 0.1) is 39.6 Å². The third-order valence-electron chi connectivity index (χ3n) is 3.59. The normalized spacial score (nSPS) is 10.8. The van der Waals surface area contributed by atoms with E-state index in [2.05, 4.69) is 25.7 Å². The minimum Gasteiger partial charge on any atom is -0.379 e. The van der Waals surface area contributed by atoms with Crippen LogP contribution in [-0.4, -0.2) is 72.5 Å². The lowest BCUT2D eigenvalue weighted by atomic mass is 10.1. The second kappa shape index (κ2) is 13.6. The van der Waals surface area contributed by atoms with E-state index in [9.17, 15) is 4.79 Å². The Bertz CT molecular complexity index is 672. The van der Waals surface area contributed by atoms with Gasteiger partial charge < -0.3 is 25.3 Å². The largest absolute Gasteiger partial charge is 0.379 e. The topological polar surface area (TPSA) is 134 Å². The van der Waals surface area contributed by atoms with Gasteiger partial charge in [0, 0.05) is 25.1 Å². The Morgan fingerprint density at radius 1 is 0.893 bits per heavy atom. The minimum atomic E-state index is -0.0695. The van der Waals surface area contributed by atoms with Crippen molar-refractivity contribution in [3.05, 3.63) is 36.2 Å². The van der Waals surface area contributed by atoms with Crippen LogP contribution >= 0.6 is 0 Å². The fraction of sp³-hybridized carbons (Fsp3) is 0.500. The van der Waals surface area contributed by atoms with Gasteiger partial charge in [0.2, 0.25) is 11.7 Å². The fourth-order valence-electron chi connectivity index (χ4n) is 2.17. The number of carbonyl (C=O) groups excluding carboxylic acids is 1. The van der Waals surface area contributed by atoms with E-state index >= 15 is 0 Å². The SMILES string of the molecule is NCCOCCOCCOCCC(=O)NCc1ccc(-c2nncnn2)cc1. The number of hydrogen-bond donors (Lipinski definition) is 2. The van der Waals surface area contributed by atoms with Gasteiger partial charge in [-0.3, -0.25) is 4.79 Å². The summed E-state index contributed by atoms with van der Waals surface area (Å²) in [6.45, 7) is 3.77. The van der Waals surface area contributed by atoms with E-state index in [0.717, 1.165) is 11.1 Å². The van der Waals surface area contributed by atoms with Crippen LogP contribution < -0.4 is 11.1 Å². The van der Waals surface area contributed by atoms with E-state index < -0.39 is 0 Å². The summed E-state index contributed by atoms with van der Waals surface area (Å²) in [5.41, 5.74) is 7.09. The highest BCUT2D eigenvalue weighted by Gasteiger charge is 2.04. The highest BCUT2D eigenvalue weighted by atomic mass is 16.5. The Hall–Kier alpha value is -2.53. The second-order valence-electron chi connectivity index (χ2n) is 5.72. The number of ether oxygens (including phenoxy) is 3. The molecular weight excluding hydrogens is 364 g/mol. The van der Waals surface area contributed by atoms with Gasteiger partial charge in [0.1, 0.15) is 0 Å². The molecule has 28 heavy (non-hydrogen) atoms. The van der Waals surface area contributed by atoms with Gasteiger partial charge in [0.25, 0.3) is 0 Å². The van der Waals surface area contributed by atoms with Crippen molar-refractivity contribution in [1.29, 1.82) is 0 Å². The molecule has 0 aliphatic rings. The van der Waals surface area contributed by atoms with Crippen molar-refractivity contribution in [2.45, 2.75) is 13.0 Å². The van der Waals surface area contributed by atoms with Crippen LogP contribution in [0.3, 0.4) is 0 Å². The number of nitrogens with zero attached hydrogens (tertiary/aromatic N) is 4. The van der Waals surface area contributed by atoms with Crippen molar-refractivity contribution in [3.63, 3.8) is 0 Å². The smallest absolute Gasteiger partial charge is 0.222 e. The number of benzene rings is 1. The highest BCUT2D eigenvalue weighted by Crippen LogP contribution is 2.13. The Morgan fingerprint density at radius 2 is 1.50 bits per heavy atom. The molecule has 0 bridgehead atoms. The highest BCUT2D eigenvalue weighted by molar-refractivity contribution is 5.75. The average molecular weight is 390 g/mol. The van der Waals surface area contributed by atoms with Gasteiger partial charge >= 0.3 is 0 Å². The van der Waals surface area contributed by atoms with Crippen molar-refractivity contribution in [3.8, 4) is 11.4 Å². The molecule has 2 rings (SSSR count). The Balaban J connectivity index is 1.52. The molecule has 0 unspecified atom stereocenters. The van der Waals surface area contributed by atoms with Crippen molar-refractivity contribution in [2.75, 3.05) is 46.2 Å². The predicted octanol–water partition coefficient (Wildman–Crippen LogP) is -0.0516. The molecule has 0 aliphatic carbocycles. The number of nitrogens with two attached hydrogens (primary N) is 1. The summed E-state index contributed by atoms with van der Waals surface area (Å²) in [6, 6.07) is 7.53. The third kappa shape index (κ3) is 8.91. The fourth-order valence-corrected chi connectivity index (χ4v) is 2.17. The maximum Gasteiger partial charge on any atom is 0.222 e. The first kappa shape index (κ1) is 21.8. The Morgan fingerprint density at radius 3 is 2.14 bits per heavy atom. The molecule has 2 aromatic rings. The molecule has 0 spiro atoms. The van der Waals surface area contributed by atoms with Gasteiger partial charge in [-0.05, 0) is 5.56 Å². The maximum absolute atomic E-state index is 11.9. The lowest BCUT2D eigenvalue weighted by molar-refractivity contribution is -0.122. The van der Waals surface area contributed by atoms with E-state index in [1.165, 1.54) is 6.33 Å². The molecule has 0 saturated carbocycles. The number of carbonyl (C=O) groups is 1. The first-order valence-corrected chi connectivity index (χ1v) is 9.09. The summed E-state index contributed by atoms with van der Waals surface area (Å²) in [4.78, 5) is 11.9. The lowest BCUT2D eigenvalue weighted by Crippen LogP contribution is -2.24. The van der Waals surface area contributed by atoms with Crippen LogP contribution in [-0.2, 0) is 25.5 Å². The van der Waals surface area contributed by atoms with Crippen LogP contribution in [0.1, 0.15) is 12.0 Å². The molecule has 10 heteroatoms. The van der Waals surface area contributed by atoms with Crippen LogP contribution in [0.2, 0.25) is 0 Å². The molecular formula is C18H26N6O4. The molecule has 1 amide bonds. The van der Waals surface area contributed by atoms with Gasteiger partial charge in [-0.15, -0.1) is 20.4 Å². The molecule has 0 fully saturated rings. The third-order valence-corrected chi connectivity index (χ3v) is 3.59. The molecule has 1 heterocycles. The van der Waals surface area contributed by atoms with E-state index in [1.807, 2.05) is 24.3 Å². The van der Waals surface area contributed by atoms with E-state index in [1.54, 1.807) is 0 Å². The summed E-state index contributed by atoms with van der Waals surface area (Å²) in [5, 5.41) is 18.1. The van der Waals surface area contributed by atoms with Crippen molar-refractivity contribution < 1.29 is 19.0 Å². The maximum atomic E-state index is 11.9. The number of hydrogen-bond acceptors (Lipinski definition) is 9. The predicted molar refractivity (Wildman–Crippen MR) is 101 cm³/mol. The average Bonchev–Trinajstić information content (AvgIpc) is 2.74. The molecule has 1 aromatic heterocycles. The quantitative estimate of drug-likeness (QED) is 0.426. The van der Waals surface area contributed by atoms with Gasteiger partial charge in [0.15, 0.2) is 6.33 Å². The van der Waals surface area contributed by atoms with Gasteiger partial charge in [-0.2, -0.15) is 0 Å². The zero-order valence-corrected chi connectivity index (χ0v) is 15.7. The van der Waals surface area contributed by atoms with E-state index in [-0.39, 0.29) is 5.91 Å². The van der Waals surface area contributed by atoms with E-state index in [4.69, 9.17) is 19.9 Å². The molecule has 0 atom stereocenters. The van der Waals surface area contributed by atoms with Crippen LogP contribution in [0.5, 0.6) is 0 Å². The molecule has 0 saturated heterocycles. The van der Waals surface area contributed by atoms with Gasteiger partial charge in [-0.1, -0.05) is 24.3 Å². The Labute approximate surface area is 163 Å². The first-order chi connectivity index (χ1) is 13.8. The Kier molecular flexibility index (Phi) is 10.6. The lowest BCUT2D eigenvalue weighted by Gasteiger charge is -2.08. The number of aromatic nitrogens is 4. The van der Waals surface area contributed by atoms with E-state index in [0.29, 0.717) is 65.0 Å². The number of nitrogens with one attached hydrogen (secondary N) is 1. The van der Waals surface area contributed by atoms with Crippen LogP contribution in [0.4, 0.5) is 0 Å². The summed E-state index contributed by atoms with van der Waals surface area (Å²) < 4.78 is 15.9. The first-order valence-electron chi connectivity index (χ1n) is 9.09. The van der Waals surface area contributed by atoms with Crippen LogP contribution in [0, 0.1) is 0 Å². The molecule has 1 aromatic carbocycles. The molecule has 10 nitrogen and oxygen atoms in total. The van der Waals surface area contributed by atoms with Crippen molar-refractivity contribution in [2.24, 2.45) is 5.73 Å². The summed E-state index contributed by atoms with van der Waals surface area (Å²) in [7, 11) is 0. The van der Waals surface area contributed by atoms with Gasteiger partial charge in [-0.25, -0.2) is 0 Å². The van der Waals surface area contributed by atoms with Crippen LogP contribution in [0.15, 0.2) is 30.6 Å². The van der Waals surface area contributed by atoms with Crippen LogP contribution in [0.25, 0.3) is 11.4 Å². The standard InChI is InChI=1S/C18H26N6O4/c19-6-8-27-10-12-28-11-9-26-7-5-17(25)20-13-15-1-3-16(4-2-15)18-23-21-14-22-24-18/h1-4,14H,5-13,19H2,(H,20,25). The summed E-state index contributed by atoms with van der Waals surface area (Å²) in [6.07, 6.45) is 1.58. The molecule has 0 aliphatic heterocycles. The zero-order chi connectivity index (χ0) is 19.9.